The Labute approximate surface area is 200 Å². The summed E-state index contributed by atoms with van der Waals surface area (Å²) in [4.78, 5) is 21.2. The largest absolute Gasteiger partial charge is 0.381 e. The highest BCUT2D eigenvalue weighted by Crippen LogP contribution is 2.41. The van der Waals surface area contributed by atoms with Crippen LogP contribution in [0, 0.1) is 12.7 Å². The van der Waals surface area contributed by atoms with E-state index in [1.165, 1.54) is 6.07 Å². The maximum Gasteiger partial charge on any atom is 0.233 e. The zero-order valence-electron chi connectivity index (χ0n) is 19.7. The summed E-state index contributed by atoms with van der Waals surface area (Å²) >= 11 is 0. The first kappa shape index (κ1) is 22.7. The lowest BCUT2D eigenvalue weighted by Gasteiger charge is -2.41. The summed E-state index contributed by atoms with van der Waals surface area (Å²) in [5.74, 6) is -0.0304. The molecule has 2 aliphatic heterocycles. The average molecular weight is 459 g/mol. The first-order valence-electron chi connectivity index (χ1n) is 12.2. The van der Waals surface area contributed by atoms with Crippen molar-refractivity contribution >= 4 is 5.91 Å². The van der Waals surface area contributed by atoms with Crippen LogP contribution in [0.25, 0.3) is 0 Å². The van der Waals surface area contributed by atoms with E-state index < -0.39 is 5.41 Å². The first-order chi connectivity index (χ1) is 16.6. The molecule has 4 nitrogen and oxygen atoms in total. The van der Waals surface area contributed by atoms with Gasteiger partial charge in [0.15, 0.2) is 0 Å². The monoisotopic (exact) mass is 458 g/mol. The van der Waals surface area contributed by atoms with Gasteiger partial charge in [0.05, 0.1) is 17.2 Å². The number of nitrogens with zero attached hydrogens (tertiary/aromatic N) is 2. The Morgan fingerprint density at radius 2 is 1.88 bits per heavy atom. The zero-order valence-corrected chi connectivity index (χ0v) is 19.7. The number of pyridine rings is 1. The Kier molecular flexibility index (Phi) is 6.46. The fraction of sp³-hybridized carbons (Fsp3) is 0.379. The summed E-state index contributed by atoms with van der Waals surface area (Å²) in [6, 6.07) is 21.0. The van der Waals surface area contributed by atoms with Crippen LogP contribution >= 0.6 is 0 Å². The number of carbonyl (C=O) groups excluding carboxylic acids is 1. The average Bonchev–Trinajstić information content (AvgIpc) is 3.36. The van der Waals surface area contributed by atoms with E-state index in [1.807, 2.05) is 35.2 Å². The number of halogens is 1. The predicted molar refractivity (Wildman–Crippen MR) is 130 cm³/mol. The summed E-state index contributed by atoms with van der Waals surface area (Å²) in [5.41, 5.74) is 4.04. The molecule has 0 saturated carbocycles. The van der Waals surface area contributed by atoms with Gasteiger partial charge in [0.1, 0.15) is 5.82 Å². The third-order valence-electron chi connectivity index (χ3n) is 7.34. The summed E-state index contributed by atoms with van der Waals surface area (Å²) in [5, 5.41) is 0. The van der Waals surface area contributed by atoms with Gasteiger partial charge in [-0.25, -0.2) is 4.39 Å². The molecule has 0 aliphatic carbocycles. The highest BCUT2D eigenvalue weighted by atomic mass is 19.1. The molecular formula is C29H31FN2O2. The second-order valence-corrected chi connectivity index (χ2v) is 9.54. The molecule has 3 heterocycles. The Morgan fingerprint density at radius 1 is 1.09 bits per heavy atom. The molecule has 34 heavy (non-hydrogen) atoms. The van der Waals surface area contributed by atoms with Gasteiger partial charge in [0, 0.05) is 31.9 Å². The molecule has 5 heteroatoms. The Bertz CT molecular complexity index is 1170. The molecule has 0 spiro atoms. The lowest BCUT2D eigenvalue weighted by Crippen LogP contribution is -2.49. The minimum absolute atomic E-state index is 0.0578. The molecule has 0 N–H and O–H groups in total. The lowest BCUT2D eigenvalue weighted by molar-refractivity contribution is -0.142. The van der Waals surface area contributed by atoms with Gasteiger partial charge in [-0.05, 0) is 61.9 Å². The fourth-order valence-electron chi connectivity index (χ4n) is 5.50. The molecule has 3 aromatic rings. The number of aromatic nitrogens is 1. The quantitative estimate of drug-likeness (QED) is 0.505. The number of hydrogen-bond acceptors (Lipinski definition) is 3. The van der Waals surface area contributed by atoms with Crippen LogP contribution in [-0.4, -0.2) is 35.5 Å². The van der Waals surface area contributed by atoms with Gasteiger partial charge < -0.3 is 9.64 Å². The van der Waals surface area contributed by atoms with Crippen molar-refractivity contribution in [3.05, 3.63) is 101 Å². The van der Waals surface area contributed by atoms with Crippen LogP contribution in [0.3, 0.4) is 0 Å². The molecule has 2 aromatic carbocycles. The standard InChI is InChI=1S/C29H31FN2O2/c1-21-7-4-9-23(19-21)29(14-17-34-18-15-29)28(33)32-16-6-13-27(32)26-12-5-10-24(31-26)20-22-8-2-3-11-25(22)30/h2-5,7-12,19,27H,6,13-18,20H2,1H3. The number of ether oxygens (including phenoxy) is 1. The van der Waals surface area contributed by atoms with Crippen molar-refractivity contribution in [2.45, 2.75) is 50.5 Å². The van der Waals surface area contributed by atoms with Crippen LogP contribution in [0.1, 0.15) is 59.8 Å². The molecule has 0 radical (unpaired) electrons. The van der Waals surface area contributed by atoms with Crippen molar-refractivity contribution in [3.8, 4) is 0 Å². The summed E-state index contributed by atoms with van der Waals surface area (Å²) in [7, 11) is 0. The molecule has 2 fully saturated rings. The SMILES string of the molecule is Cc1cccc(C2(C(=O)N3CCCC3c3cccc(Cc4ccccc4F)n3)CCOCC2)c1. The number of rotatable bonds is 5. The van der Waals surface area contributed by atoms with E-state index in [2.05, 4.69) is 25.1 Å². The number of carbonyl (C=O) groups is 1. The molecule has 1 atom stereocenters. The van der Waals surface area contributed by atoms with Gasteiger partial charge in [0.2, 0.25) is 5.91 Å². The van der Waals surface area contributed by atoms with Crippen LogP contribution in [0.15, 0.2) is 66.7 Å². The van der Waals surface area contributed by atoms with E-state index in [1.54, 1.807) is 12.1 Å². The van der Waals surface area contributed by atoms with Crippen LogP contribution in [0.2, 0.25) is 0 Å². The van der Waals surface area contributed by atoms with E-state index >= 15 is 0 Å². The number of hydrogen-bond donors (Lipinski definition) is 0. The Balaban J connectivity index is 1.44. The van der Waals surface area contributed by atoms with Gasteiger partial charge in [-0.15, -0.1) is 0 Å². The maximum absolute atomic E-state index is 14.2. The van der Waals surface area contributed by atoms with Gasteiger partial charge in [-0.1, -0.05) is 54.1 Å². The molecule has 0 bridgehead atoms. The van der Waals surface area contributed by atoms with Crippen LogP contribution in [0.5, 0.6) is 0 Å². The fourth-order valence-corrected chi connectivity index (χ4v) is 5.50. The predicted octanol–water partition coefficient (Wildman–Crippen LogP) is 5.53. The van der Waals surface area contributed by atoms with Crippen LogP contribution in [-0.2, 0) is 21.4 Å². The molecule has 1 unspecified atom stereocenters. The number of amides is 1. The molecular weight excluding hydrogens is 427 g/mol. The van der Waals surface area contributed by atoms with Crippen molar-refractivity contribution in [3.63, 3.8) is 0 Å². The van der Waals surface area contributed by atoms with Crippen molar-refractivity contribution in [1.82, 2.24) is 9.88 Å². The number of aryl methyl sites for hydroxylation is 1. The summed E-state index contributed by atoms with van der Waals surface area (Å²) in [6.45, 7) is 3.99. The number of benzene rings is 2. The van der Waals surface area contributed by atoms with Crippen LogP contribution in [0.4, 0.5) is 4.39 Å². The third-order valence-corrected chi connectivity index (χ3v) is 7.34. The Morgan fingerprint density at radius 3 is 2.68 bits per heavy atom. The summed E-state index contributed by atoms with van der Waals surface area (Å²) < 4.78 is 19.9. The van der Waals surface area contributed by atoms with Gasteiger partial charge >= 0.3 is 0 Å². The van der Waals surface area contributed by atoms with Gasteiger partial charge in [-0.2, -0.15) is 0 Å². The highest BCUT2D eigenvalue weighted by molar-refractivity contribution is 5.89. The molecule has 2 saturated heterocycles. The van der Waals surface area contributed by atoms with E-state index in [9.17, 15) is 9.18 Å². The highest BCUT2D eigenvalue weighted by Gasteiger charge is 2.47. The summed E-state index contributed by atoms with van der Waals surface area (Å²) in [6.07, 6.45) is 3.67. The molecule has 1 amide bonds. The van der Waals surface area contributed by atoms with Gasteiger partial charge in [-0.3, -0.25) is 9.78 Å². The second-order valence-electron chi connectivity index (χ2n) is 9.54. The van der Waals surface area contributed by atoms with Gasteiger partial charge in [0.25, 0.3) is 0 Å². The zero-order chi connectivity index (χ0) is 23.5. The van der Waals surface area contributed by atoms with E-state index in [-0.39, 0.29) is 17.8 Å². The minimum Gasteiger partial charge on any atom is -0.381 e. The number of likely N-dealkylation sites (tertiary alicyclic amines) is 1. The normalized spacial score (nSPS) is 19.8. The van der Waals surface area contributed by atoms with E-state index in [0.717, 1.165) is 41.9 Å². The minimum atomic E-state index is -0.558. The molecule has 176 valence electrons. The van der Waals surface area contributed by atoms with Crippen LogP contribution < -0.4 is 0 Å². The first-order valence-corrected chi connectivity index (χ1v) is 12.2. The Hall–Kier alpha value is -3.05. The third kappa shape index (κ3) is 4.37. The molecule has 5 rings (SSSR count). The molecule has 1 aromatic heterocycles. The lowest BCUT2D eigenvalue weighted by atomic mass is 9.72. The van der Waals surface area contributed by atoms with Crippen molar-refractivity contribution in [2.24, 2.45) is 0 Å². The van der Waals surface area contributed by atoms with E-state index in [4.69, 9.17) is 9.72 Å². The molecule has 2 aliphatic rings. The smallest absolute Gasteiger partial charge is 0.233 e. The second kappa shape index (κ2) is 9.67. The topological polar surface area (TPSA) is 42.4 Å². The van der Waals surface area contributed by atoms with Crippen molar-refractivity contribution in [1.29, 1.82) is 0 Å². The van der Waals surface area contributed by atoms with E-state index in [0.29, 0.717) is 38.0 Å². The van der Waals surface area contributed by atoms with Crippen molar-refractivity contribution in [2.75, 3.05) is 19.8 Å². The maximum atomic E-state index is 14.2. The van der Waals surface area contributed by atoms with Crippen molar-refractivity contribution < 1.29 is 13.9 Å².